The van der Waals surface area contributed by atoms with Gasteiger partial charge in [0.05, 0.1) is 25.2 Å². The predicted octanol–water partition coefficient (Wildman–Crippen LogP) is 4.44. The van der Waals surface area contributed by atoms with Gasteiger partial charge in [-0.25, -0.2) is 12.8 Å². The van der Waals surface area contributed by atoms with E-state index in [-0.39, 0.29) is 30.4 Å². The van der Waals surface area contributed by atoms with E-state index in [0.717, 1.165) is 22.3 Å². The average Bonchev–Trinajstić information content (AvgIpc) is 3.03. The monoisotopic (exact) mass is 471 g/mol. The fraction of sp³-hybridized carbons (Fsp3) is 0.280. The zero-order chi connectivity index (χ0) is 23.4. The van der Waals surface area contributed by atoms with Gasteiger partial charge < -0.3 is 14.2 Å². The van der Waals surface area contributed by atoms with E-state index in [4.69, 9.17) is 14.2 Å². The fourth-order valence-electron chi connectivity index (χ4n) is 3.75. The molecule has 0 aliphatic carbocycles. The van der Waals surface area contributed by atoms with Crippen LogP contribution in [0.2, 0.25) is 0 Å². The number of ether oxygens (including phenoxy) is 3. The second-order valence-corrected chi connectivity index (χ2v) is 9.82. The summed E-state index contributed by atoms with van der Waals surface area (Å²) in [7, 11) is -2.15. The second-order valence-electron chi connectivity index (χ2n) is 7.88. The van der Waals surface area contributed by atoms with Gasteiger partial charge in [-0.15, -0.1) is 0 Å². The number of hydrogen-bond donors (Lipinski definition) is 0. The van der Waals surface area contributed by atoms with Crippen molar-refractivity contribution in [2.24, 2.45) is 0 Å². The number of rotatable bonds is 7. The van der Waals surface area contributed by atoms with Gasteiger partial charge in [0.2, 0.25) is 10.0 Å². The van der Waals surface area contributed by atoms with Crippen molar-refractivity contribution in [3.05, 3.63) is 88.7 Å². The van der Waals surface area contributed by atoms with Crippen LogP contribution in [-0.4, -0.2) is 33.0 Å². The van der Waals surface area contributed by atoms with Crippen LogP contribution in [0.4, 0.5) is 4.39 Å². The highest BCUT2D eigenvalue weighted by Gasteiger charge is 2.28. The number of nitrogens with zero attached hydrogens (tertiary/aromatic N) is 1. The third kappa shape index (κ3) is 5.35. The molecule has 6 nitrogen and oxygen atoms in total. The standard InChI is InChI=1S/C25H26FNO5S/c1-18-13-23(8-10-24(18)30-2)33(28,29)27-11-12-32-25-9-5-20(14-21(25)15-27)17-31-16-19-3-6-22(26)7-4-19/h3-10,13-14H,11-12,15-17H2,1-2H3. The molecule has 3 aromatic rings. The van der Waals surface area contributed by atoms with Gasteiger partial charge in [-0.1, -0.05) is 18.2 Å². The van der Waals surface area contributed by atoms with Crippen molar-refractivity contribution < 1.29 is 27.0 Å². The lowest BCUT2D eigenvalue weighted by Gasteiger charge is -2.20. The summed E-state index contributed by atoms with van der Waals surface area (Å²) < 4.78 is 57.9. The van der Waals surface area contributed by atoms with Gasteiger partial charge in [0.25, 0.3) is 0 Å². The van der Waals surface area contributed by atoms with Crippen LogP contribution in [0.3, 0.4) is 0 Å². The Hall–Kier alpha value is -2.94. The number of benzene rings is 3. The molecule has 33 heavy (non-hydrogen) atoms. The molecule has 0 atom stereocenters. The SMILES string of the molecule is COc1ccc(S(=O)(=O)N2CCOc3ccc(COCc4ccc(F)cc4)cc3C2)cc1C. The van der Waals surface area contributed by atoms with Crippen molar-refractivity contribution >= 4 is 10.0 Å². The lowest BCUT2D eigenvalue weighted by atomic mass is 10.1. The number of halogens is 1. The van der Waals surface area contributed by atoms with Crippen LogP contribution in [-0.2, 0) is 34.5 Å². The molecule has 0 spiro atoms. The molecule has 1 aliphatic heterocycles. The molecule has 0 fully saturated rings. The minimum atomic E-state index is -3.71. The van der Waals surface area contributed by atoms with Crippen LogP contribution in [0.5, 0.6) is 11.5 Å². The van der Waals surface area contributed by atoms with Crippen molar-refractivity contribution in [1.82, 2.24) is 4.31 Å². The Kier molecular flexibility index (Phi) is 6.97. The molecule has 0 unspecified atom stereocenters. The van der Waals surface area contributed by atoms with E-state index < -0.39 is 10.0 Å². The van der Waals surface area contributed by atoms with Gasteiger partial charge in [0.15, 0.2) is 0 Å². The fourth-order valence-corrected chi connectivity index (χ4v) is 5.23. The molecule has 174 valence electrons. The Morgan fingerprint density at radius 1 is 1.00 bits per heavy atom. The number of fused-ring (bicyclic) bond motifs is 1. The summed E-state index contributed by atoms with van der Waals surface area (Å²) in [5.74, 6) is 1.03. The lowest BCUT2D eigenvalue weighted by molar-refractivity contribution is 0.107. The number of sulfonamides is 1. The highest BCUT2D eigenvalue weighted by molar-refractivity contribution is 7.89. The minimum Gasteiger partial charge on any atom is -0.496 e. The van der Waals surface area contributed by atoms with Crippen LogP contribution >= 0.6 is 0 Å². The summed E-state index contributed by atoms with van der Waals surface area (Å²) >= 11 is 0. The van der Waals surface area contributed by atoms with E-state index in [1.807, 2.05) is 25.1 Å². The van der Waals surface area contributed by atoms with Gasteiger partial charge >= 0.3 is 0 Å². The van der Waals surface area contributed by atoms with Gasteiger partial charge in [-0.05, 0) is 66.1 Å². The smallest absolute Gasteiger partial charge is 0.243 e. The summed E-state index contributed by atoms with van der Waals surface area (Å²) in [5, 5.41) is 0. The Labute approximate surface area is 193 Å². The summed E-state index contributed by atoms with van der Waals surface area (Å²) in [5.41, 5.74) is 3.32. The normalized spacial score (nSPS) is 14.3. The summed E-state index contributed by atoms with van der Waals surface area (Å²) in [6, 6.07) is 16.7. The molecule has 0 amide bonds. The maximum absolute atomic E-state index is 13.3. The van der Waals surface area contributed by atoms with Crippen molar-refractivity contribution in [3.63, 3.8) is 0 Å². The predicted molar refractivity (Wildman–Crippen MR) is 122 cm³/mol. The van der Waals surface area contributed by atoms with Crippen LogP contribution in [0.1, 0.15) is 22.3 Å². The molecule has 0 saturated heterocycles. The molecule has 3 aromatic carbocycles. The van der Waals surface area contributed by atoms with Gasteiger partial charge in [0, 0.05) is 18.7 Å². The second kappa shape index (κ2) is 9.91. The van der Waals surface area contributed by atoms with Crippen molar-refractivity contribution in [3.8, 4) is 11.5 Å². The van der Waals surface area contributed by atoms with Crippen LogP contribution in [0.15, 0.2) is 65.6 Å². The maximum atomic E-state index is 13.3. The minimum absolute atomic E-state index is 0.203. The van der Waals surface area contributed by atoms with Gasteiger partial charge in [-0.3, -0.25) is 0 Å². The lowest BCUT2D eigenvalue weighted by Crippen LogP contribution is -2.32. The quantitative estimate of drug-likeness (QED) is 0.510. The molecule has 4 rings (SSSR count). The number of methoxy groups -OCH3 is 1. The van der Waals surface area contributed by atoms with E-state index >= 15 is 0 Å². The van der Waals surface area contributed by atoms with E-state index in [9.17, 15) is 12.8 Å². The van der Waals surface area contributed by atoms with Crippen molar-refractivity contribution in [1.29, 1.82) is 0 Å². The maximum Gasteiger partial charge on any atom is 0.243 e. The summed E-state index contributed by atoms with van der Waals surface area (Å²) in [6.07, 6.45) is 0. The molecule has 0 saturated carbocycles. The van der Waals surface area contributed by atoms with Gasteiger partial charge in [0.1, 0.15) is 23.9 Å². The van der Waals surface area contributed by atoms with E-state index in [1.165, 1.54) is 16.4 Å². The topological polar surface area (TPSA) is 65.1 Å². The Balaban J connectivity index is 1.49. The van der Waals surface area contributed by atoms with Crippen molar-refractivity contribution in [2.45, 2.75) is 31.6 Å². The molecule has 1 heterocycles. The van der Waals surface area contributed by atoms with E-state index in [2.05, 4.69) is 0 Å². The molecular formula is C25H26FNO5S. The third-order valence-electron chi connectivity index (χ3n) is 5.52. The highest BCUT2D eigenvalue weighted by Crippen LogP contribution is 2.29. The van der Waals surface area contributed by atoms with Crippen LogP contribution < -0.4 is 9.47 Å². The molecule has 0 aromatic heterocycles. The first-order valence-electron chi connectivity index (χ1n) is 10.6. The first-order valence-corrected chi connectivity index (χ1v) is 12.0. The number of hydrogen-bond acceptors (Lipinski definition) is 5. The largest absolute Gasteiger partial charge is 0.496 e. The first-order chi connectivity index (χ1) is 15.9. The third-order valence-corrected chi connectivity index (χ3v) is 7.37. The Morgan fingerprint density at radius 3 is 2.45 bits per heavy atom. The Bertz CT molecular complexity index is 1230. The molecule has 0 bridgehead atoms. The Morgan fingerprint density at radius 2 is 1.73 bits per heavy atom. The number of aryl methyl sites for hydroxylation is 1. The molecule has 0 radical (unpaired) electrons. The highest BCUT2D eigenvalue weighted by atomic mass is 32.2. The zero-order valence-electron chi connectivity index (χ0n) is 18.6. The molecule has 0 N–H and O–H groups in total. The van der Waals surface area contributed by atoms with Crippen LogP contribution in [0.25, 0.3) is 0 Å². The van der Waals surface area contributed by atoms with E-state index in [0.29, 0.717) is 24.7 Å². The first kappa shape index (κ1) is 23.2. The average molecular weight is 472 g/mol. The van der Waals surface area contributed by atoms with Crippen molar-refractivity contribution in [2.75, 3.05) is 20.3 Å². The zero-order valence-corrected chi connectivity index (χ0v) is 19.4. The summed E-state index contributed by atoms with van der Waals surface area (Å²) in [4.78, 5) is 0.225. The molecule has 8 heteroatoms. The van der Waals surface area contributed by atoms with Gasteiger partial charge in [-0.2, -0.15) is 4.31 Å². The van der Waals surface area contributed by atoms with Crippen LogP contribution in [0, 0.1) is 12.7 Å². The van der Waals surface area contributed by atoms with E-state index in [1.54, 1.807) is 37.4 Å². The summed E-state index contributed by atoms with van der Waals surface area (Å²) in [6.45, 7) is 3.23. The molecule has 1 aliphatic rings. The molecular weight excluding hydrogens is 445 g/mol.